The number of aryl methyl sites for hydroxylation is 1. The van der Waals surface area contributed by atoms with Crippen LogP contribution in [0, 0.1) is 0 Å². The van der Waals surface area contributed by atoms with E-state index in [0.717, 1.165) is 11.3 Å². The zero-order valence-corrected chi connectivity index (χ0v) is 12.8. The Balaban J connectivity index is 2.92. The summed E-state index contributed by atoms with van der Waals surface area (Å²) < 4.78 is 26.0. The van der Waals surface area contributed by atoms with Gasteiger partial charge in [-0.2, -0.15) is 4.31 Å². The molecule has 0 fully saturated rings. The van der Waals surface area contributed by atoms with Gasteiger partial charge in [0.1, 0.15) is 4.21 Å². The first-order chi connectivity index (χ1) is 7.37. The number of sulfonamides is 1. The Labute approximate surface area is 110 Å². The Morgan fingerprint density at radius 3 is 2.56 bits per heavy atom. The molecule has 1 heterocycles. The van der Waals surface area contributed by atoms with E-state index in [1.807, 2.05) is 19.9 Å². The third-order valence-electron chi connectivity index (χ3n) is 2.16. The lowest BCUT2D eigenvalue weighted by Crippen LogP contribution is -2.30. The van der Waals surface area contributed by atoms with Crippen LogP contribution < -0.4 is 0 Å². The van der Waals surface area contributed by atoms with E-state index in [-0.39, 0.29) is 4.83 Å². The third-order valence-corrected chi connectivity index (χ3v) is 5.97. The van der Waals surface area contributed by atoms with Gasteiger partial charge in [-0.05, 0) is 18.6 Å². The summed E-state index contributed by atoms with van der Waals surface area (Å²) in [4.78, 5) is 1.25. The van der Waals surface area contributed by atoms with Crippen LogP contribution in [0.3, 0.4) is 0 Å². The molecule has 16 heavy (non-hydrogen) atoms. The topological polar surface area (TPSA) is 37.4 Å². The predicted molar refractivity (Wildman–Crippen MR) is 71.9 cm³/mol. The molecule has 0 radical (unpaired) electrons. The third kappa shape index (κ3) is 3.29. The molecule has 92 valence electrons. The number of hydrogen-bond acceptors (Lipinski definition) is 3. The molecule has 1 rings (SSSR count). The van der Waals surface area contributed by atoms with Crippen LogP contribution >= 0.6 is 27.3 Å². The molecule has 0 aliphatic carbocycles. The van der Waals surface area contributed by atoms with Gasteiger partial charge in [-0.15, -0.1) is 11.3 Å². The Kier molecular flexibility index (Phi) is 4.97. The van der Waals surface area contributed by atoms with E-state index in [4.69, 9.17) is 0 Å². The minimum absolute atomic E-state index is 0.151. The molecule has 0 saturated heterocycles. The van der Waals surface area contributed by atoms with Crippen molar-refractivity contribution in [3.8, 4) is 0 Å². The van der Waals surface area contributed by atoms with E-state index in [1.54, 1.807) is 13.1 Å². The minimum Gasteiger partial charge on any atom is -0.206 e. The Bertz CT molecular complexity index is 439. The summed E-state index contributed by atoms with van der Waals surface area (Å²) in [5.74, 6) is 0. The Hall–Kier alpha value is 0.0900. The normalized spacial score (nSPS) is 14.3. The van der Waals surface area contributed by atoms with Crippen molar-refractivity contribution >= 4 is 37.3 Å². The first-order valence-corrected chi connectivity index (χ1v) is 8.24. The molecule has 0 aliphatic rings. The number of hydrogen-bond donors (Lipinski definition) is 0. The highest BCUT2D eigenvalue weighted by Crippen LogP contribution is 2.24. The van der Waals surface area contributed by atoms with Crippen LogP contribution in [0.1, 0.15) is 18.7 Å². The first kappa shape index (κ1) is 14.2. The van der Waals surface area contributed by atoms with Crippen molar-refractivity contribution in [2.24, 2.45) is 0 Å². The van der Waals surface area contributed by atoms with E-state index < -0.39 is 10.0 Å². The molecule has 1 aromatic heterocycles. The highest BCUT2D eigenvalue weighted by Gasteiger charge is 2.23. The second-order valence-corrected chi connectivity index (χ2v) is 8.64. The van der Waals surface area contributed by atoms with Gasteiger partial charge in [0, 0.05) is 23.3 Å². The van der Waals surface area contributed by atoms with Crippen molar-refractivity contribution in [1.82, 2.24) is 4.31 Å². The van der Waals surface area contributed by atoms with E-state index in [9.17, 15) is 8.42 Å². The molecule has 0 amide bonds. The summed E-state index contributed by atoms with van der Waals surface area (Å²) in [5, 5.41) is 0. The first-order valence-electron chi connectivity index (χ1n) is 5.07. The molecular weight excluding hydrogens is 310 g/mol. The maximum absolute atomic E-state index is 12.1. The largest absolute Gasteiger partial charge is 0.252 e. The minimum atomic E-state index is -3.30. The van der Waals surface area contributed by atoms with Crippen LogP contribution in [0.15, 0.2) is 16.3 Å². The summed E-state index contributed by atoms with van der Waals surface area (Å²) in [5.41, 5.74) is 0. The van der Waals surface area contributed by atoms with E-state index >= 15 is 0 Å². The number of thiophene rings is 1. The van der Waals surface area contributed by atoms with Crippen molar-refractivity contribution in [2.75, 3.05) is 13.6 Å². The van der Waals surface area contributed by atoms with Gasteiger partial charge in [-0.1, -0.05) is 29.8 Å². The zero-order chi connectivity index (χ0) is 12.3. The van der Waals surface area contributed by atoms with Gasteiger partial charge in [0.25, 0.3) is 10.0 Å². The monoisotopic (exact) mass is 325 g/mol. The smallest absolute Gasteiger partial charge is 0.206 e. The Morgan fingerprint density at radius 2 is 2.12 bits per heavy atom. The molecule has 1 unspecified atom stereocenters. The van der Waals surface area contributed by atoms with Crippen LogP contribution in [0.25, 0.3) is 0 Å². The molecular formula is C10H16BrNO2S2. The van der Waals surface area contributed by atoms with Gasteiger partial charge in [-0.25, -0.2) is 8.42 Å². The highest BCUT2D eigenvalue weighted by molar-refractivity contribution is 9.09. The fourth-order valence-corrected chi connectivity index (χ4v) is 4.68. The molecule has 0 bridgehead atoms. The molecule has 6 heteroatoms. The van der Waals surface area contributed by atoms with Gasteiger partial charge in [-0.3, -0.25) is 0 Å². The lowest BCUT2D eigenvalue weighted by molar-refractivity contribution is 0.475. The molecule has 3 nitrogen and oxygen atoms in total. The van der Waals surface area contributed by atoms with Gasteiger partial charge in [0.2, 0.25) is 0 Å². The summed E-state index contributed by atoms with van der Waals surface area (Å²) in [7, 11) is -1.69. The molecule has 0 aromatic carbocycles. The van der Waals surface area contributed by atoms with Crippen molar-refractivity contribution in [3.63, 3.8) is 0 Å². The molecule has 0 N–H and O–H groups in total. The van der Waals surface area contributed by atoms with Crippen LogP contribution in [-0.2, 0) is 16.4 Å². The predicted octanol–water partition coefficient (Wildman–Crippen LogP) is 2.71. The number of halogens is 1. The van der Waals surface area contributed by atoms with E-state index in [2.05, 4.69) is 15.9 Å². The molecule has 0 saturated carbocycles. The molecule has 0 spiro atoms. The summed E-state index contributed by atoms with van der Waals surface area (Å²) in [6, 6.07) is 3.57. The summed E-state index contributed by atoms with van der Waals surface area (Å²) in [6.45, 7) is 4.42. The van der Waals surface area contributed by atoms with Gasteiger partial charge in [0.15, 0.2) is 0 Å². The second kappa shape index (κ2) is 5.62. The van der Waals surface area contributed by atoms with Crippen LogP contribution in [0.4, 0.5) is 0 Å². The van der Waals surface area contributed by atoms with E-state index in [0.29, 0.717) is 10.8 Å². The molecule has 1 aromatic rings. The molecule has 1 atom stereocenters. The van der Waals surface area contributed by atoms with Crippen molar-refractivity contribution < 1.29 is 8.42 Å². The lowest BCUT2D eigenvalue weighted by atomic mass is 10.4. The number of rotatable bonds is 5. The second-order valence-electron chi connectivity index (χ2n) is 3.64. The quantitative estimate of drug-likeness (QED) is 0.780. The maximum atomic E-state index is 12.1. The highest BCUT2D eigenvalue weighted by atomic mass is 79.9. The lowest BCUT2D eigenvalue weighted by Gasteiger charge is -2.17. The maximum Gasteiger partial charge on any atom is 0.252 e. The van der Waals surface area contributed by atoms with Crippen molar-refractivity contribution in [3.05, 3.63) is 17.0 Å². The van der Waals surface area contributed by atoms with E-state index in [1.165, 1.54) is 15.6 Å². The molecule has 0 aliphatic heterocycles. The van der Waals surface area contributed by atoms with Gasteiger partial charge < -0.3 is 0 Å². The van der Waals surface area contributed by atoms with Crippen LogP contribution in [0.5, 0.6) is 0 Å². The Morgan fingerprint density at radius 1 is 1.50 bits per heavy atom. The fraction of sp³-hybridized carbons (Fsp3) is 0.600. The van der Waals surface area contributed by atoms with Gasteiger partial charge in [0.05, 0.1) is 0 Å². The fourth-order valence-electron chi connectivity index (χ4n) is 1.29. The SMILES string of the molecule is CCc1ccc(S(=O)(=O)N(C)CC(C)Br)s1. The van der Waals surface area contributed by atoms with Crippen molar-refractivity contribution in [1.29, 1.82) is 0 Å². The number of nitrogens with zero attached hydrogens (tertiary/aromatic N) is 1. The van der Waals surface area contributed by atoms with Crippen LogP contribution in [-0.4, -0.2) is 31.1 Å². The summed E-state index contributed by atoms with van der Waals surface area (Å²) >= 11 is 4.71. The van der Waals surface area contributed by atoms with Crippen LogP contribution in [0.2, 0.25) is 0 Å². The standard InChI is InChI=1S/C10H16BrNO2S2/c1-4-9-5-6-10(15-9)16(13,14)12(3)7-8(2)11/h5-6,8H,4,7H2,1-3H3. The number of alkyl halides is 1. The van der Waals surface area contributed by atoms with Gasteiger partial charge >= 0.3 is 0 Å². The van der Waals surface area contributed by atoms with Crippen molar-refractivity contribution in [2.45, 2.75) is 29.3 Å². The average molecular weight is 326 g/mol. The summed E-state index contributed by atoms with van der Waals surface area (Å²) in [6.07, 6.45) is 0.874. The average Bonchev–Trinajstić information content (AvgIpc) is 2.65. The zero-order valence-electron chi connectivity index (χ0n) is 9.60.